The lowest BCUT2D eigenvalue weighted by atomic mass is 10.2. The van der Waals surface area contributed by atoms with Gasteiger partial charge in [0.05, 0.1) is 41.0 Å². The third kappa shape index (κ3) is 4.15. The van der Waals surface area contributed by atoms with Gasteiger partial charge in [-0.3, -0.25) is 19.1 Å². The van der Waals surface area contributed by atoms with Crippen LogP contribution in [0.4, 0.5) is 0 Å². The van der Waals surface area contributed by atoms with E-state index in [4.69, 9.17) is 5.26 Å². The van der Waals surface area contributed by atoms with Crippen LogP contribution in [0.1, 0.15) is 6.42 Å². The van der Waals surface area contributed by atoms with Crippen LogP contribution in [0, 0.1) is 11.3 Å². The zero-order valence-electron chi connectivity index (χ0n) is 14.7. The minimum Gasteiger partial charge on any atom is -0.344 e. The van der Waals surface area contributed by atoms with Crippen LogP contribution < -0.4 is 5.56 Å². The van der Waals surface area contributed by atoms with E-state index in [2.05, 4.69) is 9.97 Å². The van der Waals surface area contributed by atoms with Crippen molar-refractivity contribution in [2.75, 3.05) is 19.3 Å². The van der Waals surface area contributed by atoms with Gasteiger partial charge in [0, 0.05) is 19.8 Å². The topological polar surface area (TPSA) is 91.9 Å². The van der Waals surface area contributed by atoms with Crippen LogP contribution in [0.25, 0.3) is 16.6 Å². The second-order valence-electron chi connectivity index (χ2n) is 5.78. The third-order valence-electron chi connectivity index (χ3n) is 3.96. The Kier molecular flexibility index (Phi) is 5.84. The first-order valence-electron chi connectivity index (χ1n) is 8.27. The van der Waals surface area contributed by atoms with Gasteiger partial charge in [0.15, 0.2) is 5.16 Å². The van der Waals surface area contributed by atoms with Gasteiger partial charge in [-0.2, -0.15) is 5.26 Å². The molecular weight excluding hydrogens is 362 g/mol. The largest absolute Gasteiger partial charge is 0.344 e. The first kappa shape index (κ1) is 18.6. The van der Waals surface area contributed by atoms with Crippen LogP contribution in [0.3, 0.4) is 0 Å². The van der Waals surface area contributed by atoms with Crippen molar-refractivity contribution < 1.29 is 4.79 Å². The van der Waals surface area contributed by atoms with Crippen molar-refractivity contribution in [1.29, 1.82) is 5.26 Å². The van der Waals surface area contributed by atoms with Crippen LogP contribution in [0.15, 0.2) is 58.7 Å². The molecule has 0 N–H and O–H groups in total. The molecule has 0 radical (unpaired) electrons. The summed E-state index contributed by atoms with van der Waals surface area (Å²) >= 11 is 1.19. The van der Waals surface area contributed by atoms with Crippen molar-refractivity contribution >= 4 is 28.6 Å². The number of hydrogen-bond acceptors (Lipinski definition) is 6. The van der Waals surface area contributed by atoms with E-state index in [1.165, 1.54) is 21.2 Å². The Morgan fingerprint density at radius 1 is 1.30 bits per heavy atom. The molecule has 0 spiro atoms. The van der Waals surface area contributed by atoms with E-state index in [1.54, 1.807) is 49.8 Å². The van der Waals surface area contributed by atoms with Crippen molar-refractivity contribution in [3.8, 4) is 11.8 Å². The Morgan fingerprint density at radius 3 is 2.85 bits per heavy atom. The number of thioether (sulfide) groups is 1. The quantitative estimate of drug-likeness (QED) is 0.482. The summed E-state index contributed by atoms with van der Waals surface area (Å²) in [7, 11) is 1.66. The number of carbonyl (C=O) groups excluding carboxylic acids is 1. The van der Waals surface area contributed by atoms with Gasteiger partial charge >= 0.3 is 0 Å². The summed E-state index contributed by atoms with van der Waals surface area (Å²) in [5, 5.41) is 9.58. The summed E-state index contributed by atoms with van der Waals surface area (Å²) in [5.74, 6) is -0.0112. The third-order valence-corrected chi connectivity index (χ3v) is 4.88. The number of para-hydroxylation sites is 1. The van der Waals surface area contributed by atoms with E-state index in [1.807, 2.05) is 12.1 Å². The highest BCUT2D eigenvalue weighted by molar-refractivity contribution is 7.99. The van der Waals surface area contributed by atoms with E-state index in [0.717, 1.165) is 0 Å². The van der Waals surface area contributed by atoms with Gasteiger partial charge in [-0.15, -0.1) is 0 Å². The first-order valence-corrected chi connectivity index (χ1v) is 9.26. The summed E-state index contributed by atoms with van der Waals surface area (Å²) in [5.41, 5.74) is 0.963. The highest BCUT2D eigenvalue weighted by Crippen LogP contribution is 2.21. The Balaban J connectivity index is 1.98. The van der Waals surface area contributed by atoms with Crippen molar-refractivity contribution in [2.45, 2.75) is 11.6 Å². The molecule has 27 heavy (non-hydrogen) atoms. The van der Waals surface area contributed by atoms with E-state index in [-0.39, 0.29) is 23.6 Å². The van der Waals surface area contributed by atoms with Crippen molar-refractivity contribution in [1.82, 2.24) is 19.4 Å². The summed E-state index contributed by atoms with van der Waals surface area (Å²) in [6.07, 6.45) is 3.49. The zero-order valence-corrected chi connectivity index (χ0v) is 15.5. The van der Waals surface area contributed by atoms with Gasteiger partial charge in [0.2, 0.25) is 5.91 Å². The molecule has 0 aliphatic rings. The maximum Gasteiger partial charge on any atom is 0.266 e. The monoisotopic (exact) mass is 379 g/mol. The molecule has 3 rings (SSSR count). The molecule has 3 aromatic rings. The highest BCUT2D eigenvalue weighted by Gasteiger charge is 2.16. The number of rotatable bonds is 6. The molecular formula is C19H17N5O2S. The predicted molar refractivity (Wildman–Crippen MR) is 104 cm³/mol. The van der Waals surface area contributed by atoms with Gasteiger partial charge in [-0.25, -0.2) is 4.98 Å². The summed E-state index contributed by atoms with van der Waals surface area (Å²) in [6.45, 7) is 0.371. The molecule has 0 aliphatic heterocycles. The van der Waals surface area contributed by atoms with Crippen LogP contribution in [0.5, 0.6) is 0 Å². The average Bonchev–Trinajstić information content (AvgIpc) is 2.71. The number of amides is 1. The molecule has 8 heteroatoms. The second kappa shape index (κ2) is 8.47. The highest BCUT2D eigenvalue weighted by atomic mass is 32.2. The SMILES string of the molecule is CN(CCC#N)C(=O)CSc1nc2ccccc2c(=O)n1-c1cccnc1. The van der Waals surface area contributed by atoms with Gasteiger partial charge in [-0.1, -0.05) is 23.9 Å². The molecule has 0 bridgehead atoms. The molecule has 1 aromatic carbocycles. The minimum absolute atomic E-state index is 0.118. The lowest BCUT2D eigenvalue weighted by molar-refractivity contribution is -0.127. The van der Waals surface area contributed by atoms with E-state index in [9.17, 15) is 9.59 Å². The number of nitrogens with zero attached hydrogens (tertiary/aromatic N) is 5. The Hall–Kier alpha value is -3.18. The second-order valence-corrected chi connectivity index (χ2v) is 6.72. The number of nitriles is 1. The van der Waals surface area contributed by atoms with Crippen LogP contribution in [-0.4, -0.2) is 44.7 Å². The number of fused-ring (bicyclic) bond motifs is 1. The van der Waals surface area contributed by atoms with Gasteiger partial charge < -0.3 is 4.90 Å². The number of benzene rings is 1. The molecule has 2 aromatic heterocycles. The van der Waals surface area contributed by atoms with Crippen LogP contribution in [-0.2, 0) is 4.79 Å². The smallest absolute Gasteiger partial charge is 0.266 e. The fourth-order valence-corrected chi connectivity index (χ4v) is 3.46. The lowest BCUT2D eigenvalue weighted by Gasteiger charge is -2.16. The fraction of sp³-hybridized carbons (Fsp3) is 0.211. The molecule has 7 nitrogen and oxygen atoms in total. The van der Waals surface area contributed by atoms with Crippen molar-refractivity contribution in [3.05, 3.63) is 59.1 Å². The molecule has 1 amide bonds. The number of pyridine rings is 1. The molecule has 0 saturated carbocycles. The first-order chi connectivity index (χ1) is 13.1. The van der Waals surface area contributed by atoms with Gasteiger partial charge in [-0.05, 0) is 24.3 Å². The fourth-order valence-electron chi connectivity index (χ4n) is 2.50. The Morgan fingerprint density at radius 2 is 2.11 bits per heavy atom. The standard InChI is InChI=1S/C19H17N5O2S/c1-23(11-5-9-20)17(25)13-27-19-22-16-8-3-2-7-15(16)18(26)24(19)14-6-4-10-21-12-14/h2-4,6-8,10,12H,5,11,13H2,1H3. The zero-order chi connectivity index (χ0) is 19.2. The molecule has 0 fully saturated rings. The van der Waals surface area contributed by atoms with E-state index in [0.29, 0.717) is 28.3 Å². The van der Waals surface area contributed by atoms with Gasteiger partial charge in [0.1, 0.15) is 0 Å². The summed E-state index contributed by atoms with van der Waals surface area (Å²) < 4.78 is 1.47. The van der Waals surface area contributed by atoms with E-state index >= 15 is 0 Å². The Bertz CT molecular complexity index is 1060. The molecule has 0 atom stereocenters. The minimum atomic E-state index is -0.207. The van der Waals surface area contributed by atoms with Gasteiger partial charge in [0.25, 0.3) is 5.56 Å². The number of hydrogen-bond donors (Lipinski definition) is 0. The molecule has 0 unspecified atom stereocenters. The average molecular weight is 379 g/mol. The predicted octanol–water partition coefficient (Wildman–Crippen LogP) is 2.24. The number of carbonyl (C=O) groups is 1. The number of aromatic nitrogens is 3. The maximum atomic E-state index is 13.0. The molecule has 0 aliphatic carbocycles. The molecule has 136 valence electrons. The van der Waals surface area contributed by atoms with Crippen molar-refractivity contribution in [3.63, 3.8) is 0 Å². The van der Waals surface area contributed by atoms with Crippen LogP contribution >= 0.6 is 11.8 Å². The lowest BCUT2D eigenvalue weighted by Crippen LogP contribution is -2.29. The van der Waals surface area contributed by atoms with E-state index < -0.39 is 0 Å². The molecule has 0 saturated heterocycles. The van der Waals surface area contributed by atoms with Crippen molar-refractivity contribution in [2.24, 2.45) is 0 Å². The normalized spacial score (nSPS) is 10.5. The summed E-state index contributed by atoms with van der Waals surface area (Å²) in [4.78, 5) is 35.5. The summed E-state index contributed by atoms with van der Waals surface area (Å²) in [6, 6.07) is 12.6. The maximum absolute atomic E-state index is 13.0. The molecule has 2 heterocycles. The Labute approximate surface area is 160 Å². The van der Waals surface area contributed by atoms with Crippen LogP contribution in [0.2, 0.25) is 0 Å².